The first-order valence-corrected chi connectivity index (χ1v) is 7.30. The van der Waals surface area contributed by atoms with Crippen molar-refractivity contribution in [1.29, 1.82) is 0 Å². The highest BCUT2D eigenvalue weighted by molar-refractivity contribution is 6.01. The van der Waals surface area contributed by atoms with E-state index in [9.17, 15) is 9.59 Å². The van der Waals surface area contributed by atoms with Crippen LogP contribution in [0.15, 0.2) is 11.6 Å². The second kappa shape index (κ2) is 4.90. The summed E-state index contributed by atoms with van der Waals surface area (Å²) in [7, 11) is 0. The highest BCUT2D eigenvalue weighted by Crippen LogP contribution is 2.63. The van der Waals surface area contributed by atoms with E-state index in [1.807, 2.05) is 0 Å². The lowest BCUT2D eigenvalue weighted by molar-refractivity contribution is -0.194. The molecule has 112 valence electrons. The molecule has 2 rings (SSSR count). The Kier molecular flexibility index (Phi) is 3.69. The Morgan fingerprint density at radius 3 is 1.75 bits per heavy atom. The quantitative estimate of drug-likeness (QED) is 0.451. The Labute approximate surface area is 120 Å². The summed E-state index contributed by atoms with van der Waals surface area (Å²) in [5.74, 6) is -0.858. The average molecular weight is 280 g/mol. The van der Waals surface area contributed by atoms with Gasteiger partial charge in [0.1, 0.15) is 0 Å². The molecule has 0 saturated heterocycles. The molecule has 0 aromatic heterocycles. The molecule has 4 heteroatoms. The van der Waals surface area contributed by atoms with Gasteiger partial charge in [0.2, 0.25) is 0 Å². The summed E-state index contributed by atoms with van der Waals surface area (Å²) in [6.45, 7) is 9.25. The predicted molar refractivity (Wildman–Crippen MR) is 74.9 cm³/mol. The van der Waals surface area contributed by atoms with Crippen LogP contribution in [0.3, 0.4) is 0 Å². The topological polar surface area (TPSA) is 52.6 Å². The second-order valence-electron chi connectivity index (χ2n) is 6.87. The van der Waals surface area contributed by atoms with E-state index in [2.05, 4.69) is 13.0 Å². The lowest BCUT2D eigenvalue weighted by Crippen LogP contribution is -2.59. The van der Waals surface area contributed by atoms with Gasteiger partial charge >= 0.3 is 11.9 Å². The van der Waals surface area contributed by atoms with E-state index in [1.165, 1.54) is 5.57 Å². The Morgan fingerprint density at radius 1 is 1.05 bits per heavy atom. The van der Waals surface area contributed by atoms with Crippen LogP contribution in [0.5, 0.6) is 0 Å². The number of rotatable bonds is 4. The molecule has 0 heterocycles. The van der Waals surface area contributed by atoms with Gasteiger partial charge < -0.3 is 9.47 Å². The summed E-state index contributed by atoms with van der Waals surface area (Å²) in [4.78, 5) is 24.7. The van der Waals surface area contributed by atoms with Crippen LogP contribution in [0.1, 0.15) is 53.9 Å². The molecule has 1 fully saturated rings. The van der Waals surface area contributed by atoms with Crippen LogP contribution in [-0.2, 0) is 19.1 Å². The van der Waals surface area contributed by atoms with Crippen LogP contribution in [0, 0.1) is 10.8 Å². The summed E-state index contributed by atoms with van der Waals surface area (Å²) < 4.78 is 10.6. The first-order valence-electron chi connectivity index (χ1n) is 7.30. The zero-order valence-corrected chi connectivity index (χ0v) is 13.0. The van der Waals surface area contributed by atoms with Gasteiger partial charge in [-0.25, -0.2) is 0 Å². The van der Waals surface area contributed by atoms with E-state index >= 15 is 0 Å². The van der Waals surface area contributed by atoms with Crippen molar-refractivity contribution >= 4 is 11.9 Å². The summed E-state index contributed by atoms with van der Waals surface area (Å²) >= 11 is 0. The van der Waals surface area contributed by atoms with Gasteiger partial charge in [-0.15, -0.1) is 0 Å². The maximum absolute atomic E-state index is 12.3. The SMILES string of the molecule is CC1=CC2(C1)CC(C(=O)OC(C)C)(C(=O)OC(C)C)C2. The second-order valence-corrected chi connectivity index (χ2v) is 6.87. The number of hydrogen-bond donors (Lipinski definition) is 0. The molecule has 4 nitrogen and oxygen atoms in total. The third kappa shape index (κ3) is 2.48. The lowest BCUT2D eigenvalue weighted by Gasteiger charge is -2.55. The molecule has 2 aliphatic carbocycles. The van der Waals surface area contributed by atoms with Crippen LogP contribution in [0.2, 0.25) is 0 Å². The van der Waals surface area contributed by atoms with E-state index in [0.717, 1.165) is 6.42 Å². The number of allylic oxidation sites excluding steroid dienone is 2. The Balaban J connectivity index is 2.14. The smallest absolute Gasteiger partial charge is 0.323 e. The third-order valence-corrected chi connectivity index (χ3v) is 3.96. The molecule has 0 aliphatic heterocycles. The first-order chi connectivity index (χ1) is 9.19. The molecule has 0 atom stereocenters. The highest BCUT2D eigenvalue weighted by atomic mass is 16.6. The lowest BCUT2D eigenvalue weighted by atomic mass is 9.47. The molecule has 0 aromatic carbocycles. The Morgan fingerprint density at radius 2 is 1.45 bits per heavy atom. The van der Waals surface area contributed by atoms with Crippen molar-refractivity contribution in [2.75, 3.05) is 0 Å². The fraction of sp³-hybridized carbons (Fsp3) is 0.750. The van der Waals surface area contributed by atoms with E-state index in [0.29, 0.717) is 12.8 Å². The Hall–Kier alpha value is -1.32. The van der Waals surface area contributed by atoms with Crippen LogP contribution in [-0.4, -0.2) is 24.1 Å². The van der Waals surface area contributed by atoms with Crippen molar-refractivity contribution in [3.05, 3.63) is 11.6 Å². The number of esters is 2. The summed E-state index contributed by atoms with van der Waals surface area (Å²) in [5.41, 5.74) is 0.259. The van der Waals surface area contributed by atoms with Crippen LogP contribution in [0.4, 0.5) is 0 Å². The van der Waals surface area contributed by atoms with Crippen LogP contribution in [0.25, 0.3) is 0 Å². The number of carbonyl (C=O) groups excluding carboxylic acids is 2. The molecule has 0 N–H and O–H groups in total. The minimum absolute atomic E-state index is 0.0239. The molecule has 0 bridgehead atoms. The van der Waals surface area contributed by atoms with Gasteiger partial charge in [0.15, 0.2) is 5.41 Å². The van der Waals surface area contributed by atoms with Crippen molar-refractivity contribution in [3.8, 4) is 0 Å². The standard InChI is InChI=1S/C16H24O4/c1-10(2)19-13(17)16(14(18)20-11(3)4)8-15(9-16)6-12(5)7-15/h6,10-11H,7-9H2,1-5H3. The summed E-state index contributed by atoms with van der Waals surface area (Å²) in [6.07, 6.45) is 3.75. The van der Waals surface area contributed by atoms with E-state index < -0.39 is 17.4 Å². The fourth-order valence-corrected chi connectivity index (χ4v) is 3.45. The Bertz CT molecular complexity index is 429. The van der Waals surface area contributed by atoms with Gasteiger partial charge in [0, 0.05) is 0 Å². The molecule has 0 radical (unpaired) electrons. The zero-order valence-electron chi connectivity index (χ0n) is 13.0. The molecule has 0 amide bonds. The van der Waals surface area contributed by atoms with E-state index in [1.54, 1.807) is 27.7 Å². The molecule has 1 saturated carbocycles. The van der Waals surface area contributed by atoms with Crippen LogP contribution < -0.4 is 0 Å². The number of carbonyl (C=O) groups is 2. The summed E-state index contributed by atoms with van der Waals surface area (Å²) in [5, 5.41) is 0. The minimum atomic E-state index is -1.09. The minimum Gasteiger partial charge on any atom is -0.462 e. The maximum Gasteiger partial charge on any atom is 0.323 e. The largest absolute Gasteiger partial charge is 0.462 e. The molecule has 2 aliphatic rings. The van der Waals surface area contributed by atoms with Gasteiger partial charge in [-0.3, -0.25) is 9.59 Å². The zero-order chi connectivity index (χ0) is 15.1. The monoisotopic (exact) mass is 280 g/mol. The van der Waals surface area contributed by atoms with Crippen LogP contribution >= 0.6 is 0 Å². The number of hydrogen-bond acceptors (Lipinski definition) is 4. The van der Waals surface area contributed by atoms with Gasteiger partial charge in [-0.05, 0) is 59.3 Å². The van der Waals surface area contributed by atoms with Gasteiger partial charge in [-0.1, -0.05) is 11.6 Å². The van der Waals surface area contributed by atoms with Crippen molar-refractivity contribution in [3.63, 3.8) is 0 Å². The van der Waals surface area contributed by atoms with Gasteiger partial charge in [0.25, 0.3) is 0 Å². The van der Waals surface area contributed by atoms with E-state index in [4.69, 9.17) is 9.47 Å². The predicted octanol–water partition coefficient (Wildman–Crippen LogP) is 3.01. The van der Waals surface area contributed by atoms with Crippen molar-refractivity contribution in [2.45, 2.75) is 66.1 Å². The van der Waals surface area contributed by atoms with Crippen molar-refractivity contribution < 1.29 is 19.1 Å². The van der Waals surface area contributed by atoms with Crippen molar-refractivity contribution in [2.24, 2.45) is 10.8 Å². The molecule has 20 heavy (non-hydrogen) atoms. The third-order valence-electron chi connectivity index (χ3n) is 3.96. The average Bonchev–Trinajstić information content (AvgIpc) is 2.18. The highest BCUT2D eigenvalue weighted by Gasteiger charge is 2.66. The van der Waals surface area contributed by atoms with E-state index in [-0.39, 0.29) is 17.6 Å². The summed E-state index contributed by atoms with van der Waals surface area (Å²) in [6, 6.07) is 0. The molecule has 1 spiro atoms. The first kappa shape index (κ1) is 15.1. The maximum atomic E-state index is 12.3. The fourth-order valence-electron chi connectivity index (χ4n) is 3.45. The normalized spacial score (nSPS) is 22.1. The molecular weight excluding hydrogens is 256 g/mol. The van der Waals surface area contributed by atoms with Gasteiger partial charge in [-0.2, -0.15) is 0 Å². The number of ether oxygens (including phenoxy) is 2. The molecule has 0 unspecified atom stereocenters. The molecule has 0 aromatic rings. The van der Waals surface area contributed by atoms with Gasteiger partial charge in [0.05, 0.1) is 12.2 Å². The molecular formula is C16H24O4. The van der Waals surface area contributed by atoms with Crippen molar-refractivity contribution in [1.82, 2.24) is 0 Å².